The Morgan fingerprint density at radius 3 is 2.57 bits per heavy atom. The Kier molecular flexibility index (Phi) is 3.41. The molecule has 0 aliphatic rings. The van der Waals surface area contributed by atoms with Gasteiger partial charge in [-0.2, -0.15) is 0 Å². The number of ether oxygens (including phenoxy) is 1. The Balaban J connectivity index is 2.66. The summed E-state index contributed by atoms with van der Waals surface area (Å²) in [6, 6.07) is 2.60. The fourth-order valence-corrected chi connectivity index (χ4v) is 0.921. The molecule has 0 aliphatic carbocycles. The van der Waals surface area contributed by atoms with E-state index in [1.54, 1.807) is 0 Å². The lowest BCUT2D eigenvalue weighted by Crippen LogP contribution is -2.02. The summed E-state index contributed by atoms with van der Waals surface area (Å²) in [5.41, 5.74) is 0. The SMILES string of the molecule is COCCC(=O)c1ccc(C(=O)O)o1. The van der Waals surface area contributed by atoms with Crippen molar-refractivity contribution in [1.29, 1.82) is 0 Å². The zero-order valence-corrected chi connectivity index (χ0v) is 7.65. The monoisotopic (exact) mass is 198 g/mol. The molecule has 0 unspecified atom stereocenters. The molecule has 0 fully saturated rings. The summed E-state index contributed by atoms with van der Waals surface area (Å²) < 4.78 is 9.51. The number of rotatable bonds is 5. The minimum Gasteiger partial charge on any atom is -0.475 e. The maximum absolute atomic E-state index is 11.3. The lowest BCUT2D eigenvalue weighted by atomic mass is 10.2. The van der Waals surface area contributed by atoms with E-state index in [-0.39, 0.29) is 23.7 Å². The van der Waals surface area contributed by atoms with Gasteiger partial charge in [0.05, 0.1) is 6.61 Å². The first-order valence-corrected chi connectivity index (χ1v) is 4.00. The van der Waals surface area contributed by atoms with Crippen molar-refractivity contribution in [2.24, 2.45) is 0 Å². The van der Waals surface area contributed by atoms with E-state index in [1.807, 2.05) is 0 Å². The smallest absolute Gasteiger partial charge is 0.371 e. The van der Waals surface area contributed by atoms with Crippen LogP contribution in [0.5, 0.6) is 0 Å². The third kappa shape index (κ3) is 2.43. The molecule has 14 heavy (non-hydrogen) atoms. The average Bonchev–Trinajstić information content (AvgIpc) is 2.62. The Labute approximate surface area is 80.3 Å². The maximum atomic E-state index is 11.3. The van der Waals surface area contributed by atoms with E-state index in [2.05, 4.69) is 0 Å². The standard InChI is InChI=1S/C9H10O5/c1-13-5-4-6(10)7-2-3-8(14-7)9(11)12/h2-3H,4-5H2,1H3,(H,11,12). The van der Waals surface area contributed by atoms with Crippen LogP contribution >= 0.6 is 0 Å². The molecule has 1 aromatic heterocycles. The number of hydrogen-bond donors (Lipinski definition) is 1. The van der Waals surface area contributed by atoms with Crippen LogP contribution in [-0.2, 0) is 4.74 Å². The molecule has 5 nitrogen and oxygen atoms in total. The van der Waals surface area contributed by atoms with Crippen LogP contribution in [0.3, 0.4) is 0 Å². The quantitative estimate of drug-likeness (QED) is 0.719. The normalized spacial score (nSPS) is 10.1. The Hall–Kier alpha value is -1.62. The molecule has 0 spiro atoms. The van der Waals surface area contributed by atoms with Gasteiger partial charge in [0.25, 0.3) is 0 Å². The summed E-state index contributed by atoms with van der Waals surface area (Å²) in [7, 11) is 1.48. The van der Waals surface area contributed by atoms with Crippen molar-refractivity contribution >= 4 is 11.8 Å². The van der Waals surface area contributed by atoms with Gasteiger partial charge in [0, 0.05) is 13.5 Å². The number of carbonyl (C=O) groups excluding carboxylic acids is 1. The van der Waals surface area contributed by atoms with Crippen molar-refractivity contribution in [3.8, 4) is 0 Å². The Bertz CT molecular complexity index is 339. The van der Waals surface area contributed by atoms with Crippen molar-refractivity contribution in [3.63, 3.8) is 0 Å². The lowest BCUT2D eigenvalue weighted by molar-refractivity contribution is 0.0659. The highest BCUT2D eigenvalue weighted by atomic mass is 16.5. The molecule has 0 atom stereocenters. The molecule has 0 aliphatic heterocycles. The summed E-state index contributed by atoms with van der Waals surface area (Å²) in [5, 5.41) is 8.53. The molecule has 0 saturated heterocycles. The number of carbonyl (C=O) groups is 2. The predicted molar refractivity (Wildman–Crippen MR) is 46.5 cm³/mol. The number of methoxy groups -OCH3 is 1. The van der Waals surface area contributed by atoms with Crippen LogP contribution in [0.4, 0.5) is 0 Å². The maximum Gasteiger partial charge on any atom is 0.371 e. The fourth-order valence-electron chi connectivity index (χ4n) is 0.921. The number of furan rings is 1. The van der Waals surface area contributed by atoms with E-state index >= 15 is 0 Å². The predicted octanol–water partition coefficient (Wildman–Crippen LogP) is 1.20. The van der Waals surface area contributed by atoms with Crippen molar-refractivity contribution < 1.29 is 23.8 Å². The number of carboxylic acid groups (broad SMARTS) is 1. The Morgan fingerprint density at radius 1 is 1.43 bits per heavy atom. The van der Waals surface area contributed by atoms with Gasteiger partial charge in [0.15, 0.2) is 11.5 Å². The highest BCUT2D eigenvalue weighted by molar-refractivity contribution is 5.95. The van der Waals surface area contributed by atoms with Crippen molar-refractivity contribution in [2.45, 2.75) is 6.42 Å². The second-order valence-electron chi connectivity index (χ2n) is 2.64. The highest BCUT2D eigenvalue weighted by Gasteiger charge is 2.14. The summed E-state index contributed by atoms with van der Waals surface area (Å²) in [4.78, 5) is 21.7. The van der Waals surface area contributed by atoms with Crippen LogP contribution < -0.4 is 0 Å². The molecule has 1 N–H and O–H groups in total. The van der Waals surface area contributed by atoms with Gasteiger partial charge in [-0.1, -0.05) is 0 Å². The average molecular weight is 198 g/mol. The van der Waals surface area contributed by atoms with Crippen LogP contribution in [0, 0.1) is 0 Å². The van der Waals surface area contributed by atoms with E-state index in [0.717, 1.165) is 0 Å². The summed E-state index contributed by atoms with van der Waals surface area (Å²) in [6.07, 6.45) is 0.184. The minimum absolute atomic E-state index is 0.0550. The van der Waals surface area contributed by atoms with Crippen LogP contribution in [0.1, 0.15) is 27.5 Å². The number of carboxylic acids is 1. The lowest BCUT2D eigenvalue weighted by Gasteiger charge is -1.95. The fraction of sp³-hybridized carbons (Fsp3) is 0.333. The van der Waals surface area contributed by atoms with Crippen molar-refractivity contribution in [3.05, 3.63) is 23.7 Å². The molecule has 1 rings (SSSR count). The van der Waals surface area contributed by atoms with Gasteiger partial charge in [-0.25, -0.2) is 4.79 Å². The molecule has 0 aromatic carbocycles. The van der Waals surface area contributed by atoms with Gasteiger partial charge in [0.2, 0.25) is 5.76 Å². The molecular formula is C9H10O5. The second-order valence-corrected chi connectivity index (χ2v) is 2.64. The van der Waals surface area contributed by atoms with Gasteiger partial charge in [0.1, 0.15) is 0 Å². The summed E-state index contributed by atoms with van der Waals surface area (Å²) in [6.45, 7) is 0.294. The molecule has 0 radical (unpaired) electrons. The van der Waals surface area contributed by atoms with E-state index in [4.69, 9.17) is 14.3 Å². The van der Waals surface area contributed by atoms with Gasteiger partial charge in [-0.3, -0.25) is 4.79 Å². The minimum atomic E-state index is -1.18. The molecule has 0 amide bonds. The zero-order valence-electron chi connectivity index (χ0n) is 7.65. The van der Waals surface area contributed by atoms with Gasteiger partial charge < -0.3 is 14.3 Å². The third-order valence-corrected chi connectivity index (χ3v) is 1.62. The van der Waals surface area contributed by atoms with Crippen LogP contribution in [0.15, 0.2) is 16.5 Å². The number of Topliss-reactive ketones (excluding diaryl/α,β-unsaturated/α-hetero) is 1. The van der Waals surface area contributed by atoms with Gasteiger partial charge in [-0.15, -0.1) is 0 Å². The molecule has 0 saturated carbocycles. The van der Waals surface area contributed by atoms with E-state index < -0.39 is 5.97 Å². The summed E-state index contributed by atoms with van der Waals surface area (Å²) >= 11 is 0. The second kappa shape index (κ2) is 4.57. The zero-order chi connectivity index (χ0) is 10.6. The first-order chi connectivity index (χ1) is 6.65. The Morgan fingerprint density at radius 2 is 2.07 bits per heavy atom. The third-order valence-electron chi connectivity index (χ3n) is 1.62. The molecular weight excluding hydrogens is 188 g/mol. The topological polar surface area (TPSA) is 76.7 Å². The first-order valence-electron chi connectivity index (χ1n) is 4.00. The molecule has 5 heteroatoms. The van der Waals surface area contributed by atoms with Crippen LogP contribution in [0.25, 0.3) is 0 Å². The largest absolute Gasteiger partial charge is 0.475 e. The number of aromatic carboxylic acids is 1. The van der Waals surface area contributed by atoms with E-state index in [1.165, 1.54) is 19.2 Å². The molecule has 76 valence electrons. The molecule has 0 bridgehead atoms. The summed E-state index contributed by atoms with van der Waals surface area (Å²) in [5.74, 6) is -1.62. The molecule has 1 aromatic rings. The highest BCUT2D eigenvalue weighted by Crippen LogP contribution is 2.10. The van der Waals surface area contributed by atoms with Crippen molar-refractivity contribution in [1.82, 2.24) is 0 Å². The van der Waals surface area contributed by atoms with Crippen LogP contribution in [0.2, 0.25) is 0 Å². The van der Waals surface area contributed by atoms with E-state index in [9.17, 15) is 9.59 Å². The van der Waals surface area contributed by atoms with E-state index in [0.29, 0.717) is 6.61 Å². The number of hydrogen-bond acceptors (Lipinski definition) is 4. The first kappa shape index (κ1) is 10.5. The van der Waals surface area contributed by atoms with Crippen molar-refractivity contribution in [2.75, 3.05) is 13.7 Å². The molecule has 1 heterocycles. The van der Waals surface area contributed by atoms with Gasteiger partial charge in [-0.05, 0) is 12.1 Å². The van der Waals surface area contributed by atoms with Crippen LogP contribution in [-0.4, -0.2) is 30.6 Å². The van der Waals surface area contributed by atoms with Gasteiger partial charge >= 0.3 is 5.97 Å². The number of ketones is 1.